The van der Waals surface area contributed by atoms with Gasteiger partial charge < -0.3 is 9.47 Å². The Kier molecular flexibility index (Phi) is 10.1. The number of benzene rings is 3. The van der Waals surface area contributed by atoms with Crippen LogP contribution in [0, 0.1) is 18.5 Å². The van der Waals surface area contributed by atoms with E-state index in [0.717, 1.165) is 28.6 Å². The van der Waals surface area contributed by atoms with Gasteiger partial charge >= 0.3 is 12.1 Å². The summed E-state index contributed by atoms with van der Waals surface area (Å²) in [5, 5.41) is 9.39. The fourth-order valence-corrected chi connectivity index (χ4v) is 7.78. The minimum Gasteiger partial charge on any atom is -0.487 e. The van der Waals surface area contributed by atoms with E-state index in [1.807, 2.05) is 6.07 Å². The third kappa shape index (κ3) is 7.13. The Bertz CT molecular complexity index is 2050. The maximum atomic E-state index is 14.4. The molecular formula is C31H19ClF3I2N3O4S. The lowest BCUT2D eigenvalue weighted by molar-refractivity contribution is -0.140. The van der Waals surface area contributed by atoms with Crippen molar-refractivity contribution in [2.24, 2.45) is 4.99 Å². The van der Waals surface area contributed by atoms with Gasteiger partial charge in [0.2, 0.25) is 0 Å². The minimum absolute atomic E-state index is 0.0837. The van der Waals surface area contributed by atoms with Crippen LogP contribution in [-0.2, 0) is 16.1 Å². The number of carbonyl (C=O) groups excluding carboxylic acids is 1. The van der Waals surface area contributed by atoms with Crippen LogP contribution in [0.2, 0.25) is 5.02 Å². The molecule has 0 bridgehead atoms. The van der Waals surface area contributed by atoms with E-state index < -0.39 is 35.0 Å². The van der Waals surface area contributed by atoms with Crippen LogP contribution < -0.4 is 19.6 Å². The number of fused-ring (bicyclic) bond motifs is 1. The van der Waals surface area contributed by atoms with Crippen molar-refractivity contribution in [3.05, 3.63) is 126 Å². The van der Waals surface area contributed by atoms with Gasteiger partial charge in [-0.25, -0.2) is 9.79 Å². The number of aromatic nitrogens is 1. The molecule has 1 aliphatic heterocycles. The average molecular weight is 876 g/mol. The lowest BCUT2D eigenvalue weighted by atomic mass is 9.95. The second-order valence-corrected chi connectivity index (χ2v) is 13.4. The van der Waals surface area contributed by atoms with Crippen LogP contribution in [0.25, 0.3) is 6.08 Å². The third-order valence-corrected chi connectivity index (χ3v) is 9.23. The summed E-state index contributed by atoms with van der Waals surface area (Å²) < 4.78 is 57.1. The van der Waals surface area contributed by atoms with Gasteiger partial charge in [-0.1, -0.05) is 47.2 Å². The van der Waals surface area contributed by atoms with Gasteiger partial charge in [0.05, 0.1) is 38.0 Å². The highest BCUT2D eigenvalue weighted by atomic mass is 127. The first-order valence-corrected chi connectivity index (χ1v) is 16.4. The van der Waals surface area contributed by atoms with E-state index in [1.54, 1.807) is 36.4 Å². The largest absolute Gasteiger partial charge is 0.487 e. The molecule has 0 saturated carbocycles. The average Bonchev–Trinajstić information content (AvgIpc) is 3.30. The highest BCUT2D eigenvalue weighted by Crippen LogP contribution is 2.38. The summed E-state index contributed by atoms with van der Waals surface area (Å²) in [5.41, 5.74) is -0.799. The summed E-state index contributed by atoms with van der Waals surface area (Å²) in [6, 6.07) is 17.0. The number of alkyl halides is 3. The number of carbonyl (C=O) groups is 1. The molecule has 1 atom stereocenters. The van der Waals surface area contributed by atoms with E-state index in [9.17, 15) is 22.8 Å². The molecule has 0 amide bonds. The lowest BCUT2D eigenvalue weighted by Crippen LogP contribution is -2.41. The normalized spacial score (nSPS) is 14.9. The van der Waals surface area contributed by atoms with E-state index in [1.165, 1.54) is 31.2 Å². The van der Waals surface area contributed by atoms with Crippen LogP contribution in [0.1, 0.15) is 35.2 Å². The monoisotopic (exact) mass is 875 g/mol. The van der Waals surface area contributed by atoms with Crippen LogP contribution >= 0.6 is 68.1 Å². The van der Waals surface area contributed by atoms with Crippen LogP contribution in [0.4, 0.5) is 13.2 Å². The van der Waals surface area contributed by atoms with Gasteiger partial charge in [-0.3, -0.25) is 9.36 Å². The number of ether oxygens (including phenoxy) is 2. The molecule has 2 heterocycles. The predicted molar refractivity (Wildman–Crippen MR) is 180 cm³/mol. The summed E-state index contributed by atoms with van der Waals surface area (Å²) >= 11 is 11.0. The summed E-state index contributed by atoms with van der Waals surface area (Å²) in [6.45, 7) is 1.46. The maximum absolute atomic E-state index is 14.4. The molecule has 3 aromatic carbocycles. The van der Waals surface area contributed by atoms with E-state index >= 15 is 0 Å². The van der Waals surface area contributed by atoms with Crippen LogP contribution in [0.5, 0.6) is 5.75 Å². The molecule has 5 rings (SSSR count). The summed E-state index contributed by atoms with van der Waals surface area (Å²) in [4.78, 5) is 30.6. The van der Waals surface area contributed by atoms with Crippen molar-refractivity contribution in [1.82, 2.24) is 4.57 Å². The number of halogens is 6. The number of hydrogen-bond donors (Lipinski definition) is 0. The van der Waals surface area contributed by atoms with Crippen molar-refractivity contribution < 1.29 is 27.4 Å². The van der Waals surface area contributed by atoms with Crippen LogP contribution in [0.3, 0.4) is 0 Å². The number of rotatable bonds is 7. The van der Waals surface area contributed by atoms with Gasteiger partial charge in [0.15, 0.2) is 10.5 Å². The van der Waals surface area contributed by atoms with E-state index in [-0.39, 0.29) is 28.1 Å². The molecule has 0 spiro atoms. The second kappa shape index (κ2) is 13.7. The number of thiazole rings is 1. The van der Waals surface area contributed by atoms with E-state index in [0.29, 0.717) is 21.9 Å². The molecule has 4 aromatic rings. The number of nitrogens with zero attached hydrogens (tertiary/aromatic N) is 3. The summed E-state index contributed by atoms with van der Waals surface area (Å²) in [5.74, 6) is -0.767. The Morgan fingerprint density at radius 1 is 1.16 bits per heavy atom. The Labute approximate surface area is 290 Å². The number of esters is 1. The third-order valence-electron chi connectivity index (χ3n) is 6.57. The molecule has 45 heavy (non-hydrogen) atoms. The molecule has 230 valence electrons. The number of hydrogen-bond acceptors (Lipinski definition) is 7. The van der Waals surface area contributed by atoms with E-state index in [4.69, 9.17) is 26.3 Å². The molecular weight excluding hydrogens is 857 g/mol. The molecule has 0 unspecified atom stereocenters. The molecule has 14 heteroatoms. The van der Waals surface area contributed by atoms with Gasteiger partial charge in [-0.05, 0) is 106 Å². The molecule has 0 radical (unpaired) electrons. The van der Waals surface area contributed by atoms with Crippen molar-refractivity contribution in [3.63, 3.8) is 0 Å². The van der Waals surface area contributed by atoms with Gasteiger partial charge in [-0.2, -0.15) is 18.4 Å². The zero-order valence-electron chi connectivity index (χ0n) is 23.0. The first kappa shape index (κ1) is 33.2. The zero-order chi connectivity index (χ0) is 32.5. The van der Waals surface area contributed by atoms with Crippen molar-refractivity contribution in [3.8, 4) is 11.8 Å². The molecule has 1 aliphatic rings. The van der Waals surface area contributed by atoms with Crippen molar-refractivity contribution >= 4 is 80.2 Å². The van der Waals surface area contributed by atoms with Gasteiger partial charge in [0, 0.05) is 14.2 Å². The quantitative estimate of drug-likeness (QED) is 0.153. The van der Waals surface area contributed by atoms with Crippen molar-refractivity contribution in [2.45, 2.75) is 25.7 Å². The maximum Gasteiger partial charge on any atom is 0.434 e. The van der Waals surface area contributed by atoms with Gasteiger partial charge in [0.25, 0.3) is 5.56 Å². The van der Waals surface area contributed by atoms with Crippen molar-refractivity contribution in [2.75, 3.05) is 6.61 Å². The zero-order valence-corrected chi connectivity index (χ0v) is 28.9. The summed E-state index contributed by atoms with van der Waals surface area (Å²) in [7, 11) is 0. The smallest absolute Gasteiger partial charge is 0.434 e. The predicted octanol–water partition coefficient (Wildman–Crippen LogP) is 6.65. The van der Waals surface area contributed by atoms with Crippen molar-refractivity contribution in [1.29, 1.82) is 5.26 Å². The highest BCUT2D eigenvalue weighted by Gasteiger charge is 2.45. The topological polar surface area (TPSA) is 93.7 Å². The molecule has 0 N–H and O–H groups in total. The second-order valence-electron chi connectivity index (χ2n) is 9.52. The van der Waals surface area contributed by atoms with Crippen LogP contribution in [0.15, 0.2) is 81.7 Å². The fourth-order valence-electron chi connectivity index (χ4n) is 4.61. The Morgan fingerprint density at radius 2 is 1.84 bits per heavy atom. The SMILES string of the molecule is CCOC(=O)C1=C(C(F)(F)F)N=c2s/c(=C\c3cc(I)cc(I)c3OCc3ccc(C#N)cc3)c(=O)n2[C@@H]1c1ccc(Cl)cc1. The summed E-state index contributed by atoms with van der Waals surface area (Å²) in [6.07, 6.45) is -3.47. The van der Waals surface area contributed by atoms with E-state index in [2.05, 4.69) is 56.2 Å². The molecule has 0 aliphatic carbocycles. The Hall–Kier alpha value is -3.20. The fraction of sp³-hybridized carbons (Fsp3) is 0.161. The standard InChI is InChI=1S/C31H19ClF3I2N3O4S/c1-2-43-29(42)24-25(18-7-9-20(32)10-8-18)40-28(41)23(45-30(40)39-27(24)31(33,34)35)12-19-11-21(36)13-22(37)26(19)44-15-17-5-3-16(14-38)4-6-17/h3-13,25H,2,15H2,1H3/b23-12-/t25-/m1/s1. The minimum atomic E-state index is -5.01. The van der Waals surface area contributed by atoms with Gasteiger partial charge in [-0.15, -0.1) is 0 Å². The van der Waals surface area contributed by atoms with Crippen LogP contribution in [-0.4, -0.2) is 23.3 Å². The number of allylic oxidation sites excluding steroid dienone is 1. The van der Waals surface area contributed by atoms with Gasteiger partial charge in [0.1, 0.15) is 12.4 Å². The molecule has 0 fully saturated rings. The number of nitriles is 1. The molecule has 1 aromatic heterocycles. The first-order chi connectivity index (χ1) is 21.4. The molecule has 0 saturated heterocycles. The Balaban J connectivity index is 1.69. The molecule has 7 nitrogen and oxygen atoms in total. The lowest BCUT2D eigenvalue weighted by Gasteiger charge is -2.26. The first-order valence-electron chi connectivity index (χ1n) is 13.1. The Morgan fingerprint density at radius 3 is 2.47 bits per heavy atom. The highest BCUT2D eigenvalue weighted by molar-refractivity contribution is 14.1.